The van der Waals surface area contributed by atoms with Crippen molar-refractivity contribution in [3.63, 3.8) is 0 Å². The van der Waals surface area contributed by atoms with Crippen molar-refractivity contribution in [3.05, 3.63) is 0 Å². The summed E-state index contributed by atoms with van der Waals surface area (Å²) in [5, 5.41) is 2.71. The first-order chi connectivity index (χ1) is 8.95. The Morgan fingerprint density at radius 3 is 2.00 bits per heavy atom. The average molecular weight is 293 g/mol. The molecule has 0 atom stereocenters. The fourth-order valence-corrected chi connectivity index (χ4v) is 1.82. The number of thiol groups is 1. The fourth-order valence-electron chi connectivity index (χ4n) is 1.73. The Kier molecular flexibility index (Phi) is 11.1. The second-order valence-corrected chi connectivity index (χ2v) is 6.36. The molecule has 0 spiro atoms. The molecule has 0 rings (SSSR count). The van der Waals surface area contributed by atoms with Crippen molar-refractivity contribution in [2.75, 3.05) is 13.2 Å². The summed E-state index contributed by atoms with van der Waals surface area (Å²) in [6.07, 6.45) is 8.04. The summed E-state index contributed by atoms with van der Waals surface area (Å²) in [4.78, 5) is 10.5. The summed E-state index contributed by atoms with van der Waals surface area (Å²) in [5.74, 6) is 0. The zero-order valence-electron chi connectivity index (χ0n) is 12.2. The highest BCUT2D eigenvalue weighted by Gasteiger charge is 2.16. The van der Waals surface area contributed by atoms with Gasteiger partial charge in [0.25, 0.3) is 0 Å². The van der Waals surface area contributed by atoms with Crippen LogP contribution in [0.25, 0.3) is 0 Å². The van der Waals surface area contributed by atoms with Gasteiger partial charge < -0.3 is 10.1 Å². The number of alkyl carbamates (subject to hydrolysis) is 1. The summed E-state index contributed by atoms with van der Waals surface area (Å²) in [7, 11) is 0. The summed E-state index contributed by atoms with van der Waals surface area (Å²) in [6, 6.07) is 0. The first-order valence-electron chi connectivity index (χ1n) is 7.21. The van der Waals surface area contributed by atoms with Crippen molar-refractivity contribution >= 4 is 18.7 Å². The van der Waals surface area contributed by atoms with Crippen LogP contribution in [-0.4, -0.2) is 24.2 Å². The number of hydrogen-bond donors (Lipinski definition) is 2. The maximum atomic E-state index is 11.8. The van der Waals surface area contributed by atoms with E-state index in [0.29, 0.717) is 13.0 Å². The third-order valence-corrected chi connectivity index (χ3v) is 2.76. The van der Waals surface area contributed by atoms with Crippen LogP contribution in [0.5, 0.6) is 0 Å². The summed E-state index contributed by atoms with van der Waals surface area (Å²) >= 11 is 4.11. The number of carbonyl (C=O) groups is 1. The molecule has 0 radical (unpaired) electrons. The molecular formula is C14H28FNO2S. The van der Waals surface area contributed by atoms with Crippen molar-refractivity contribution in [2.45, 2.75) is 70.1 Å². The summed E-state index contributed by atoms with van der Waals surface area (Å²) in [5.41, 5.74) is 0. The van der Waals surface area contributed by atoms with Gasteiger partial charge in [0.05, 0.1) is 6.67 Å². The molecular weight excluding hydrogens is 265 g/mol. The van der Waals surface area contributed by atoms with E-state index in [1.807, 2.05) is 0 Å². The smallest absolute Gasteiger partial charge is 0.408 e. The lowest BCUT2D eigenvalue weighted by molar-refractivity contribution is 0.0987. The van der Waals surface area contributed by atoms with Crippen molar-refractivity contribution in [2.24, 2.45) is 0 Å². The van der Waals surface area contributed by atoms with Gasteiger partial charge in [-0.3, -0.25) is 4.39 Å². The second kappa shape index (κ2) is 11.4. The van der Waals surface area contributed by atoms with Crippen molar-refractivity contribution in [1.29, 1.82) is 0 Å². The largest absolute Gasteiger partial charge is 0.433 e. The van der Waals surface area contributed by atoms with Crippen molar-refractivity contribution < 1.29 is 13.9 Å². The Labute approximate surface area is 122 Å². The monoisotopic (exact) mass is 293 g/mol. The van der Waals surface area contributed by atoms with Gasteiger partial charge in [-0.15, -0.1) is 12.6 Å². The van der Waals surface area contributed by atoms with E-state index in [1.54, 1.807) is 13.8 Å². The Bertz CT molecular complexity index is 232. The standard InChI is InChI=1S/C14H28FNO2S/c1-14(2,19)18-13(17)16-12-10-8-6-4-3-5-7-9-11-15/h19H,3-12H2,1-2H3,(H,16,17). The molecule has 0 aliphatic heterocycles. The molecule has 0 aromatic rings. The Morgan fingerprint density at radius 2 is 1.53 bits per heavy atom. The van der Waals surface area contributed by atoms with E-state index >= 15 is 0 Å². The minimum absolute atomic E-state index is 0.190. The van der Waals surface area contributed by atoms with Crippen molar-refractivity contribution in [3.8, 4) is 0 Å². The molecule has 114 valence electrons. The van der Waals surface area contributed by atoms with Crippen LogP contribution < -0.4 is 5.32 Å². The molecule has 3 nitrogen and oxygen atoms in total. The van der Waals surface area contributed by atoms with Crippen molar-refractivity contribution in [1.82, 2.24) is 5.32 Å². The third kappa shape index (κ3) is 15.5. The molecule has 1 amide bonds. The van der Waals surface area contributed by atoms with Gasteiger partial charge in [-0.25, -0.2) is 4.79 Å². The number of halogens is 1. The van der Waals surface area contributed by atoms with Crippen LogP contribution in [0.4, 0.5) is 9.18 Å². The van der Waals surface area contributed by atoms with Crippen LogP contribution in [0.3, 0.4) is 0 Å². The SMILES string of the molecule is CC(C)(S)OC(=O)NCCCCCCCCCCF. The normalized spacial score (nSPS) is 11.4. The molecule has 19 heavy (non-hydrogen) atoms. The molecule has 0 aliphatic carbocycles. The molecule has 0 bridgehead atoms. The van der Waals surface area contributed by atoms with Gasteiger partial charge in [0.2, 0.25) is 0 Å². The van der Waals surface area contributed by atoms with Crippen LogP contribution in [0, 0.1) is 0 Å². The second-order valence-electron chi connectivity index (χ2n) is 5.28. The van der Waals surface area contributed by atoms with Gasteiger partial charge in [-0.05, 0) is 26.7 Å². The Morgan fingerprint density at radius 1 is 1.05 bits per heavy atom. The van der Waals surface area contributed by atoms with E-state index in [4.69, 9.17) is 4.74 Å². The molecule has 0 saturated heterocycles. The number of carbonyl (C=O) groups excluding carboxylic acids is 1. The predicted molar refractivity (Wildman–Crippen MR) is 80.5 cm³/mol. The molecule has 0 aromatic carbocycles. The zero-order chi connectivity index (χ0) is 14.6. The van der Waals surface area contributed by atoms with Gasteiger partial charge in [-0.2, -0.15) is 0 Å². The van der Waals surface area contributed by atoms with Gasteiger partial charge in [0, 0.05) is 6.54 Å². The fraction of sp³-hybridized carbons (Fsp3) is 0.929. The molecule has 0 aliphatic rings. The number of amides is 1. The molecule has 0 saturated carbocycles. The molecule has 0 aromatic heterocycles. The number of rotatable bonds is 11. The van der Waals surface area contributed by atoms with E-state index in [1.165, 1.54) is 19.3 Å². The maximum Gasteiger partial charge on any atom is 0.408 e. The van der Waals surface area contributed by atoms with Gasteiger partial charge in [0.1, 0.15) is 0 Å². The molecule has 0 heterocycles. The number of alkyl halides is 1. The maximum absolute atomic E-state index is 11.8. The van der Waals surface area contributed by atoms with E-state index in [0.717, 1.165) is 25.7 Å². The van der Waals surface area contributed by atoms with Crippen LogP contribution >= 0.6 is 12.6 Å². The third-order valence-electron chi connectivity index (χ3n) is 2.67. The Hall–Kier alpha value is -0.450. The van der Waals surface area contributed by atoms with E-state index in [-0.39, 0.29) is 6.67 Å². The number of ether oxygens (including phenoxy) is 1. The lowest BCUT2D eigenvalue weighted by atomic mass is 10.1. The average Bonchev–Trinajstić information content (AvgIpc) is 2.29. The summed E-state index contributed by atoms with van der Waals surface area (Å²) < 4.78 is 16.8. The Balaban J connectivity index is 3.21. The molecule has 1 N–H and O–H groups in total. The lowest BCUT2D eigenvalue weighted by Gasteiger charge is -2.18. The molecule has 0 unspecified atom stereocenters. The van der Waals surface area contributed by atoms with Crippen LogP contribution in [-0.2, 0) is 4.74 Å². The lowest BCUT2D eigenvalue weighted by Crippen LogP contribution is -2.31. The van der Waals surface area contributed by atoms with E-state index in [2.05, 4.69) is 17.9 Å². The first kappa shape index (κ1) is 18.6. The highest BCUT2D eigenvalue weighted by molar-refractivity contribution is 7.81. The molecule has 0 fully saturated rings. The quantitative estimate of drug-likeness (QED) is 0.335. The predicted octanol–water partition coefficient (Wildman–Crippen LogP) is 4.47. The van der Waals surface area contributed by atoms with E-state index in [9.17, 15) is 9.18 Å². The topological polar surface area (TPSA) is 38.3 Å². The number of hydrogen-bond acceptors (Lipinski definition) is 3. The minimum atomic E-state index is -0.732. The number of unbranched alkanes of at least 4 members (excludes halogenated alkanes) is 7. The number of nitrogens with one attached hydrogen (secondary N) is 1. The zero-order valence-corrected chi connectivity index (χ0v) is 13.1. The van der Waals surface area contributed by atoms with E-state index < -0.39 is 11.0 Å². The van der Waals surface area contributed by atoms with Gasteiger partial charge in [0.15, 0.2) is 4.93 Å². The van der Waals surface area contributed by atoms with Crippen LogP contribution in [0.15, 0.2) is 0 Å². The first-order valence-corrected chi connectivity index (χ1v) is 7.65. The van der Waals surface area contributed by atoms with Gasteiger partial charge >= 0.3 is 6.09 Å². The van der Waals surface area contributed by atoms with Crippen LogP contribution in [0.2, 0.25) is 0 Å². The van der Waals surface area contributed by atoms with Crippen LogP contribution in [0.1, 0.15) is 65.2 Å². The molecule has 5 heteroatoms. The minimum Gasteiger partial charge on any atom is -0.433 e. The van der Waals surface area contributed by atoms with Gasteiger partial charge in [-0.1, -0.05) is 38.5 Å². The highest BCUT2D eigenvalue weighted by atomic mass is 32.1. The summed E-state index contributed by atoms with van der Waals surface area (Å²) in [6.45, 7) is 3.90. The highest BCUT2D eigenvalue weighted by Crippen LogP contribution is 2.13.